The van der Waals surface area contributed by atoms with Crippen LogP contribution < -0.4 is 5.73 Å². The van der Waals surface area contributed by atoms with Crippen molar-refractivity contribution < 1.29 is 0 Å². The van der Waals surface area contributed by atoms with Gasteiger partial charge in [-0.15, -0.1) is 0 Å². The van der Waals surface area contributed by atoms with Crippen LogP contribution in [0.15, 0.2) is 24.3 Å². The Morgan fingerprint density at radius 3 is 2.28 bits per heavy atom. The summed E-state index contributed by atoms with van der Waals surface area (Å²) in [6, 6.07) is 8.97. The van der Waals surface area contributed by atoms with Crippen LogP contribution in [0.1, 0.15) is 37.3 Å². The van der Waals surface area contributed by atoms with E-state index in [4.69, 9.17) is 5.73 Å². The number of rotatable bonds is 5. The molecule has 0 bridgehead atoms. The molecule has 1 aliphatic heterocycles. The normalized spacial score (nSPS) is 18.1. The van der Waals surface area contributed by atoms with E-state index in [9.17, 15) is 0 Å². The van der Waals surface area contributed by atoms with Crippen LogP contribution in [-0.4, -0.2) is 24.5 Å². The Bertz CT molecular complexity index is 337. The van der Waals surface area contributed by atoms with Gasteiger partial charge in [-0.3, -0.25) is 4.90 Å². The maximum absolute atomic E-state index is 5.57. The van der Waals surface area contributed by atoms with Gasteiger partial charge in [0.05, 0.1) is 0 Å². The Morgan fingerprint density at radius 1 is 1.11 bits per heavy atom. The summed E-state index contributed by atoms with van der Waals surface area (Å²) >= 11 is 0. The van der Waals surface area contributed by atoms with Crippen LogP contribution in [0.4, 0.5) is 0 Å². The van der Waals surface area contributed by atoms with Crippen LogP contribution in [0, 0.1) is 5.92 Å². The van der Waals surface area contributed by atoms with Crippen molar-refractivity contribution in [1.82, 2.24) is 4.90 Å². The summed E-state index contributed by atoms with van der Waals surface area (Å²) in [7, 11) is 0. The van der Waals surface area contributed by atoms with Crippen molar-refractivity contribution in [3.05, 3.63) is 35.4 Å². The molecule has 1 heterocycles. The van der Waals surface area contributed by atoms with E-state index in [0.717, 1.165) is 25.4 Å². The van der Waals surface area contributed by atoms with Gasteiger partial charge in [0.25, 0.3) is 0 Å². The van der Waals surface area contributed by atoms with Crippen LogP contribution >= 0.6 is 0 Å². The van der Waals surface area contributed by atoms with Gasteiger partial charge in [0, 0.05) is 6.54 Å². The molecule has 0 unspecified atom stereocenters. The van der Waals surface area contributed by atoms with Gasteiger partial charge < -0.3 is 5.73 Å². The zero-order valence-electron chi connectivity index (χ0n) is 11.6. The number of likely N-dealkylation sites (tertiary alicyclic amines) is 1. The topological polar surface area (TPSA) is 29.3 Å². The summed E-state index contributed by atoms with van der Waals surface area (Å²) in [6.45, 7) is 6.70. The Kier molecular flexibility index (Phi) is 5.21. The van der Waals surface area contributed by atoms with E-state index in [0.29, 0.717) is 0 Å². The Hall–Kier alpha value is -0.860. The molecule has 2 nitrogen and oxygen atoms in total. The van der Waals surface area contributed by atoms with Crippen LogP contribution in [0.25, 0.3) is 0 Å². The van der Waals surface area contributed by atoms with Crippen LogP contribution in [0.2, 0.25) is 0 Å². The zero-order chi connectivity index (χ0) is 12.8. The summed E-state index contributed by atoms with van der Waals surface area (Å²) in [6.07, 6.45) is 5.09. The quantitative estimate of drug-likeness (QED) is 0.865. The van der Waals surface area contributed by atoms with Crippen LogP contribution in [0.3, 0.4) is 0 Å². The lowest BCUT2D eigenvalue weighted by Crippen LogP contribution is -2.32. The zero-order valence-corrected chi connectivity index (χ0v) is 11.6. The molecular formula is C16H26N2. The first kappa shape index (κ1) is 13.6. The molecular weight excluding hydrogens is 220 g/mol. The molecule has 0 spiro atoms. The summed E-state index contributed by atoms with van der Waals surface area (Å²) in [4.78, 5) is 2.59. The fourth-order valence-electron chi connectivity index (χ4n) is 2.79. The van der Waals surface area contributed by atoms with Gasteiger partial charge in [-0.05, 0) is 55.9 Å². The third-order valence-corrected chi connectivity index (χ3v) is 4.15. The van der Waals surface area contributed by atoms with Gasteiger partial charge in [0.15, 0.2) is 0 Å². The molecule has 18 heavy (non-hydrogen) atoms. The van der Waals surface area contributed by atoms with E-state index in [1.165, 1.54) is 43.5 Å². The lowest BCUT2D eigenvalue weighted by Gasteiger charge is -2.31. The molecule has 0 amide bonds. The maximum atomic E-state index is 5.57. The molecule has 100 valence electrons. The first-order chi connectivity index (χ1) is 8.81. The molecule has 0 atom stereocenters. The number of hydrogen-bond donors (Lipinski definition) is 1. The number of piperidine rings is 1. The Morgan fingerprint density at radius 2 is 1.72 bits per heavy atom. The highest BCUT2D eigenvalue weighted by Gasteiger charge is 2.17. The van der Waals surface area contributed by atoms with Crippen molar-refractivity contribution in [2.24, 2.45) is 11.7 Å². The molecule has 0 aromatic heterocycles. The second-order valence-corrected chi connectivity index (χ2v) is 5.48. The molecule has 0 saturated carbocycles. The molecule has 1 aromatic carbocycles. The molecule has 2 heteroatoms. The third kappa shape index (κ3) is 3.82. The minimum absolute atomic E-state index is 0.740. The number of hydrogen-bond acceptors (Lipinski definition) is 2. The minimum Gasteiger partial charge on any atom is -0.330 e. The minimum atomic E-state index is 0.740. The predicted molar refractivity (Wildman–Crippen MR) is 77.5 cm³/mol. The molecule has 0 aliphatic carbocycles. The van der Waals surface area contributed by atoms with Gasteiger partial charge >= 0.3 is 0 Å². The summed E-state index contributed by atoms with van der Waals surface area (Å²) in [5, 5.41) is 0. The Balaban J connectivity index is 1.82. The molecule has 2 N–H and O–H groups in total. The largest absolute Gasteiger partial charge is 0.330 e. The Labute approximate surface area is 111 Å². The maximum Gasteiger partial charge on any atom is 0.0233 e. The van der Waals surface area contributed by atoms with E-state index in [2.05, 4.69) is 36.1 Å². The van der Waals surface area contributed by atoms with E-state index < -0.39 is 0 Å². The lowest BCUT2D eigenvalue weighted by atomic mass is 9.94. The van der Waals surface area contributed by atoms with Crippen molar-refractivity contribution in [2.45, 2.75) is 39.2 Å². The number of benzene rings is 1. The van der Waals surface area contributed by atoms with Gasteiger partial charge in [0.1, 0.15) is 0 Å². The fraction of sp³-hybridized carbons (Fsp3) is 0.625. The molecule has 0 radical (unpaired) electrons. The van der Waals surface area contributed by atoms with E-state index in [-0.39, 0.29) is 0 Å². The van der Waals surface area contributed by atoms with Crippen molar-refractivity contribution in [3.8, 4) is 0 Å². The molecule has 1 aromatic rings. The fourth-order valence-corrected chi connectivity index (χ4v) is 2.79. The molecule has 1 fully saturated rings. The standard InChI is InChI=1S/C16H26N2/c1-2-14-8-11-18(12-9-14)13-16-5-3-15(4-6-16)7-10-17/h3-6,14H,2,7-13,17H2,1H3. The molecule has 1 aliphatic rings. The van der Waals surface area contributed by atoms with Crippen LogP contribution in [-0.2, 0) is 13.0 Å². The van der Waals surface area contributed by atoms with E-state index in [1.807, 2.05) is 0 Å². The monoisotopic (exact) mass is 246 g/mol. The van der Waals surface area contributed by atoms with Gasteiger partial charge in [-0.1, -0.05) is 37.6 Å². The number of nitrogens with two attached hydrogens (primary N) is 1. The van der Waals surface area contributed by atoms with Gasteiger partial charge in [-0.2, -0.15) is 0 Å². The average Bonchev–Trinajstić information content (AvgIpc) is 2.42. The molecule has 2 rings (SSSR count). The summed E-state index contributed by atoms with van der Waals surface area (Å²) < 4.78 is 0. The van der Waals surface area contributed by atoms with Gasteiger partial charge in [-0.25, -0.2) is 0 Å². The SMILES string of the molecule is CCC1CCN(Cc2ccc(CCN)cc2)CC1. The first-order valence-corrected chi connectivity index (χ1v) is 7.32. The highest BCUT2D eigenvalue weighted by Crippen LogP contribution is 2.21. The van der Waals surface area contributed by atoms with Crippen LogP contribution in [0.5, 0.6) is 0 Å². The van der Waals surface area contributed by atoms with Crippen molar-refractivity contribution in [2.75, 3.05) is 19.6 Å². The summed E-state index contributed by atoms with van der Waals surface area (Å²) in [5.41, 5.74) is 8.35. The van der Waals surface area contributed by atoms with Crippen molar-refractivity contribution >= 4 is 0 Å². The lowest BCUT2D eigenvalue weighted by molar-refractivity contribution is 0.175. The third-order valence-electron chi connectivity index (χ3n) is 4.15. The number of nitrogens with zero attached hydrogens (tertiary/aromatic N) is 1. The van der Waals surface area contributed by atoms with E-state index >= 15 is 0 Å². The van der Waals surface area contributed by atoms with Gasteiger partial charge in [0.2, 0.25) is 0 Å². The second kappa shape index (κ2) is 6.91. The summed E-state index contributed by atoms with van der Waals surface area (Å²) in [5.74, 6) is 0.966. The van der Waals surface area contributed by atoms with E-state index in [1.54, 1.807) is 0 Å². The highest BCUT2D eigenvalue weighted by molar-refractivity contribution is 5.22. The highest BCUT2D eigenvalue weighted by atomic mass is 15.1. The predicted octanol–water partition coefficient (Wildman–Crippen LogP) is 2.81. The van der Waals surface area contributed by atoms with Crippen molar-refractivity contribution in [1.29, 1.82) is 0 Å². The second-order valence-electron chi connectivity index (χ2n) is 5.48. The first-order valence-electron chi connectivity index (χ1n) is 7.32. The van der Waals surface area contributed by atoms with Crippen molar-refractivity contribution in [3.63, 3.8) is 0 Å². The average molecular weight is 246 g/mol. The molecule has 1 saturated heterocycles. The smallest absolute Gasteiger partial charge is 0.0233 e.